The van der Waals surface area contributed by atoms with E-state index in [1.54, 1.807) is 49.9 Å². The van der Waals surface area contributed by atoms with Gasteiger partial charge in [-0.25, -0.2) is 13.8 Å². The van der Waals surface area contributed by atoms with Crippen LogP contribution in [0.5, 0.6) is 5.75 Å². The Morgan fingerprint density at radius 3 is 2.36 bits per heavy atom. The summed E-state index contributed by atoms with van der Waals surface area (Å²) < 4.78 is 37.9. The van der Waals surface area contributed by atoms with Gasteiger partial charge in [-0.15, -0.1) is 0 Å². The zero-order valence-corrected chi connectivity index (χ0v) is 20.7. The van der Waals surface area contributed by atoms with Crippen LogP contribution in [0.15, 0.2) is 79.0 Å². The van der Waals surface area contributed by atoms with Crippen LogP contribution in [-0.4, -0.2) is 21.8 Å². The molecule has 0 amide bonds. The van der Waals surface area contributed by atoms with E-state index in [9.17, 15) is 5.11 Å². The van der Waals surface area contributed by atoms with E-state index >= 15 is 8.78 Å². The number of aliphatic hydroxyl groups is 1. The molecule has 1 aliphatic carbocycles. The Morgan fingerprint density at radius 1 is 0.972 bits per heavy atom. The second-order valence-electron chi connectivity index (χ2n) is 10.1. The van der Waals surface area contributed by atoms with E-state index in [0.29, 0.717) is 17.1 Å². The number of hydrogen-bond donors (Lipinski definition) is 1. The highest BCUT2D eigenvalue weighted by Gasteiger charge is 2.41. The molecule has 1 saturated carbocycles. The molecule has 0 aliphatic heterocycles. The lowest BCUT2D eigenvalue weighted by molar-refractivity contribution is -0.0183. The van der Waals surface area contributed by atoms with Crippen molar-refractivity contribution in [3.05, 3.63) is 90.3 Å². The molecule has 4 aromatic rings. The summed E-state index contributed by atoms with van der Waals surface area (Å²) in [4.78, 5) is 4.66. The van der Waals surface area contributed by atoms with E-state index in [1.807, 2.05) is 48.5 Å². The minimum atomic E-state index is -2.96. The molecule has 4 nitrogen and oxygen atoms in total. The van der Waals surface area contributed by atoms with Gasteiger partial charge >= 0.3 is 0 Å². The van der Waals surface area contributed by atoms with Crippen molar-refractivity contribution in [1.29, 1.82) is 0 Å². The Labute approximate surface area is 210 Å². The van der Waals surface area contributed by atoms with Crippen molar-refractivity contribution in [2.45, 2.75) is 44.6 Å². The molecule has 3 aromatic carbocycles. The number of ether oxygens (including phenoxy) is 1. The molecule has 1 heterocycles. The lowest BCUT2D eigenvalue weighted by atomic mass is 9.97. The molecule has 1 aromatic heterocycles. The molecule has 0 spiro atoms. The fourth-order valence-corrected chi connectivity index (χ4v) is 4.47. The monoisotopic (exact) mass is 488 g/mol. The average molecular weight is 489 g/mol. The molecule has 0 unspecified atom stereocenters. The molecule has 1 aliphatic rings. The standard InChI is InChI=1S/C30H30F2N2O2/c1-29(2,35)27-19-34(23-15-13-21(14-16-23)22-7-6-8-24(17-22)36-3)28(33-27)25-9-4-5-10-26(25)30(31,32)18-20-11-12-20/h4-10,13-17,19-20,35H,11-12,18H2,1-3H3. The van der Waals surface area contributed by atoms with Gasteiger partial charge in [-0.2, -0.15) is 0 Å². The molecule has 0 saturated heterocycles. The highest BCUT2D eigenvalue weighted by atomic mass is 19.3. The van der Waals surface area contributed by atoms with Crippen LogP contribution in [0.2, 0.25) is 0 Å². The molecule has 0 atom stereocenters. The molecule has 5 rings (SSSR count). The number of nitrogens with zero attached hydrogens (tertiary/aromatic N) is 2. The van der Waals surface area contributed by atoms with Crippen molar-refractivity contribution in [3.8, 4) is 34.0 Å². The lowest BCUT2D eigenvalue weighted by Crippen LogP contribution is -2.17. The maximum Gasteiger partial charge on any atom is 0.274 e. The Balaban J connectivity index is 1.60. The molecule has 6 heteroatoms. The number of halogens is 2. The van der Waals surface area contributed by atoms with Gasteiger partial charge in [-0.1, -0.05) is 48.5 Å². The van der Waals surface area contributed by atoms with Crippen molar-refractivity contribution in [2.24, 2.45) is 5.92 Å². The Bertz CT molecular complexity index is 1370. The topological polar surface area (TPSA) is 47.3 Å². The van der Waals surface area contributed by atoms with E-state index in [2.05, 4.69) is 4.98 Å². The van der Waals surface area contributed by atoms with Crippen molar-refractivity contribution in [1.82, 2.24) is 9.55 Å². The van der Waals surface area contributed by atoms with E-state index in [1.165, 1.54) is 6.07 Å². The molecule has 36 heavy (non-hydrogen) atoms. The van der Waals surface area contributed by atoms with Crippen molar-refractivity contribution in [3.63, 3.8) is 0 Å². The number of benzene rings is 3. The van der Waals surface area contributed by atoms with Crippen molar-refractivity contribution >= 4 is 0 Å². The van der Waals surface area contributed by atoms with Gasteiger partial charge in [0.1, 0.15) is 17.2 Å². The van der Waals surface area contributed by atoms with Crippen LogP contribution < -0.4 is 4.74 Å². The Hall–Kier alpha value is -3.51. The predicted molar refractivity (Wildman–Crippen MR) is 137 cm³/mol. The highest BCUT2D eigenvalue weighted by Crippen LogP contribution is 2.46. The molecule has 186 valence electrons. The van der Waals surface area contributed by atoms with Gasteiger partial charge in [0.25, 0.3) is 5.92 Å². The SMILES string of the molecule is COc1cccc(-c2ccc(-n3cc(C(C)(C)O)nc3-c3ccccc3C(F)(F)CC3CC3)cc2)c1. The van der Waals surface area contributed by atoms with Crippen LogP contribution in [0.4, 0.5) is 8.78 Å². The molecule has 0 bridgehead atoms. The van der Waals surface area contributed by atoms with Crippen LogP contribution >= 0.6 is 0 Å². The largest absolute Gasteiger partial charge is 0.497 e. The quantitative estimate of drug-likeness (QED) is 0.282. The normalized spacial score (nSPS) is 14.2. The first-order chi connectivity index (χ1) is 17.2. The molecule has 0 radical (unpaired) electrons. The number of rotatable bonds is 8. The van der Waals surface area contributed by atoms with Crippen LogP contribution in [0.25, 0.3) is 28.2 Å². The van der Waals surface area contributed by atoms with Crippen molar-refractivity contribution < 1.29 is 18.6 Å². The fraction of sp³-hybridized carbons (Fsp3) is 0.300. The number of alkyl halides is 2. The van der Waals surface area contributed by atoms with Crippen LogP contribution in [-0.2, 0) is 11.5 Å². The summed E-state index contributed by atoms with van der Waals surface area (Å²) in [6.07, 6.45) is 3.29. The Kier molecular flexibility index (Phi) is 6.17. The van der Waals surface area contributed by atoms with Gasteiger partial charge in [0.15, 0.2) is 0 Å². The highest BCUT2D eigenvalue weighted by molar-refractivity contribution is 5.68. The minimum absolute atomic E-state index is 0.0287. The smallest absolute Gasteiger partial charge is 0.274 e. The second kappa shape index (κ2) is 9.17. The van der Waals surface area contributed by atoms with E-state index in [0.717, 1.165) is 35.4 Å². The van der Waals surface area contributed by atoms with Gasteiger partial charge < -0.3 is 9.84 Å². The minimum Gasteiger partial charge on any atom is -0.497 e. The summed E-state index contributed by atoms with van der Waals surface area (Å²) in [5.41, 5.74) is 2.29. The number of hydrogen-bond acceptors (Lipinski definition) is 3. The summed E-state index contributed by atoms with van der Waals surface area (Å²) >= 11 is 0. The first-order valence-corrected chi connectivity index (χ1v) is 12.2. The summed E-state index contributed by atoms with van der Waals surface area (Å²) in [5, 5.41) is 10.7. The third-order valence-electron chi connectivity index (χ3n) is 6.69. The van der Waals surface area contributed by atoms with Crippen molar-refractivity contribution in [2.75, 3.05) is 7.11 Å². The summed E-state index contributed by atoms with van der Waals surface area (Å²) in [5.74, 6) is -1.73. The Morgan fingerprint density at radius 2 is 1.69 bits per heavy atom. The lowest BCUT2D eigenvalue weighted by Gasteiger charge is -2.20. The number of imidazole rings is 1. The average Bonchev–Trinajstić information content (AvgIpc) is 3.55. The molecule has 1 N–H and O–H groups in total. The summed E-state index contributed by atoms with van der Waals surface area (Å²) in [6.45, 7) is 3.28. The van der Waals surface area contributed by atoms with Crippen LogP contribution in [0.3, 0.4) is 0 Å². The van der Waals surface area contributed by atoms with E-state index in [-0.39, 0.29) is 17.9 Å². The van der Waals surface area contributed by atoms with Gasteiger partial charge in [-0.05, 0) is 68.0 Å². The molecular weight excluding hydrogens is 458 g/mol. The van der Waals surface area contributed by atoms with Gasteiger partial charge in [0.05, 0.1) is 12.8 Å². The maximum absolute atomic E-state index is 15.4. The van der Waals surface area contributed by atoms with Crippen LogP contribution in [0.1, 0.15) is 44.4 Å². The molecule has 1 fully saturated rings. The zero-order chi connectivity index (χ0) is 25.5. The van der Waals surface area contributed by atoms with E-state index in [4.69, 9.17) is 4.74 Å². The first-order valence-electron chi connectivity index (χ1n) is 12.2. The van der Waals surface area contributed by atoms with Gasteiger partial charge in [0.2, 0.25) is 0 Å². The third kappa shape index (κ3) is 4.91. The molecular formula is C30H30F2N2O2. The number of methoxy groups -OCH3 is 1. The van der Waals surface area contributed by atoms with Gasteiger partial charge in [0, 0.05) is 29.4 Å². The summed E-state index contributed by atoms with van der Waals surface area (Å²) in [6, 6.07) is 22.2. The van der Waals surface area contributed by atoms with Crippen LogP contribution in [0, 0.1) is 5.92 Å². The first kappa shape index (κ1) is 24.2. The maximum atomic E-state index is 15.4. The second-order valence-corrected chi connectivity index (χ2v) is 10.1. The summed E-state index contributed by atoms with van der Waals surface area (Å²) in [7, 11) is 1.63. The van der Waals surface area contributed by atoms with Gasteiger partial charge in [-0.3, -0.25) is 4.57 Å². The fourth-order valence-electron chi connectivity index (χ4n) is 4.47. The number of aromatic nitrogens is 2. The zero-order valence-electron chi connectivity index (χ0n) is 20.7. The predicted octanol–water partition coefficient (Wildman–Crippen LogP) is 7.33. The third-order valence-corrected chi connectivity index (χ3v) is 6.69. The van der Waals surface area contributed by atoms with E-state index < -0.39 is 11.5 Å².